The molecule has 1 heterocycles. The van der Waals surface area contributed by atoms with E-state index in [0.717, 1.165) is 11.4 Å². The van der Waals surface area contributed by atoms with E-state index in [0.29, 0.717) is 33.9 Å². The zero-order chi connectivity index (χ0) is 20.6. The maximum Gasteiger partial charge on any atom is 0.270 e. The Morgan fingerprint density at radius 3 is 2.52 bits per heavy atom. The van der Waals surface area contributed by atoms with Gasteiger partial charge in [-0.25, -0.2) is 0 Å². The third-order valence-electron chi connectivity index (χ3n) is 3.73. The molecule has 1 aromatic heterocycles. The molecule has 8 heteroatoms. The van der Waals surface area contributed by atoms with Crippen LogP contribution < -0.4 is 20.7 Å². The summed E-state index contributed by atoms with van der Waals surface area (Å²) in [7, 11) is 0. The van der Waals surface area contributed by atoms with Crippen molar-refractivity contribution < 1.29 is 9.53 Å². The SMILES string of the molecule is CCNC(=O)c1cc(Oc2cccc(NC(=S)Nc3ccc(Cl)cc3)c2)ccn1. The molecule has 148 valence electrons. The number of amides is 1. The Morgan fingerprint density at radius 2 is 1.76 bits per heavy atom. The molecular weight excluding hydrogens is 408 g/mol. The van der Waals surface area contributed by atoms with Crippen molar-refractivity contribution in [1.29, 1.82) is 0 Å². The fraction of sp³-hybridized carbons (Fsp3) is 0.0952. The molecule has 3 rings (SSSR count). The summed E-state index contributed by atoms with van der Waals surface area (Å²) in [6.45, 7) is 2.38. The molecule has 0 spiro atoms. The summed E-state index contributed by atoms with van der Waals surface area (Å²) in [6, 6.07) is 17.9. The first-order valence-electron chi connectivity index (χ1n) is 8.89. The number of thiocarbonyl (C=S) groups is 1. The molecule has 6 nitrogen and oxygen atoms in total. The minimum atomic E-state index is -0.244. The van der Waals surface area contributed by atoms with E-state index in [1.165, 1.54) is 6.20 Å². The summed E-state index contributed by atoms with van der Waals surface area (Å²) in [5, 5.41) is 10.0. The second-order valence-corrected chi connectivity index (χ2v) is 6.80. The number of aromatic nitrogens is 1. The fourth-order valence-electron chi connectivity index (χ4n) is 2.45. The predicted molar refractivity (Wildman–Crippen MR) is 120 cm³/mol. The highest BCUT2D eigenvalue weighted by atomic mass is 35.5. The Labute approximate surface area is 179 Å². The van der Waals surface area contributed by atoms with Gasteiger partial charge in [-0.1, -0.05) is 17.7 Å². The Morgan fingerprint density at radius 1 is 1.03 bits per heavy atom. The van der Waals surface area contributed by atoms with Crippen LogP contribution in [-0.4, -0.2) is 22.5 Å². The molecule has 0 fully saturated rings. The summed E-state index contributed by atoms with van der Waals surface area (Å²) in [6.07, 6.45) is 1.53. The van der Waals surface area contributed by atoms with E-state index in [1.54, 1.807) is 24.3 Å². The molecular formula is C21H19ClN4O2S. The lowest BCUT2D eigenvalue weighted by molar-refractivity contribution is 0.0950. The standard InChI is InChI=1S/C21H19ClN4O2S/c1-2-23-20(27)19-13-18(10-11-24-19)28-17-5-3-4-16(12-17)26-21(29)25-15-8-6-14(22)7-9-15/h3-13H,2H2,1H3,(H,23,27)(H2,25,26,29). The Balaban J connectivity index is 1.65. The molecule has 0 radical (unpaired) electrons. The molecule has 0 unspecified atom stereocenters. The third kappa shape index (κ3) is 6.17. The number of pyridine rings is 1. The molecule has 1 amide bonds. The van der Waals surface area contributed by atoms with E-state index in [-0.39, 0.29) is 5.91 Å². The van der Waals surface area contributed by atoms with E-state index in [4.69, 9.17) is 28.6 Å². The zero-order valence-corrected chi connectivity index (χ0v) is 17.2. The van der Waals surface area contributed by atoms with Gasteiger partial charge < -0.3 is 20.7 Å². The molecule has 2 aromatic carbocycles. The summed E-state index contributed by atoms with van der Waals surface area (Å²) in [5.41, 5.74) is 1.88. The second kappa shape index (κ2) is 9.86. The van der Waals surface area contributed by atoms with Gasteiger partial charge in [0, 0.05) is 41.3 Å². The monoisotopic (exact) mass is 426 g/mol. The summed E-state index contributed by atoms with van der Waals surface area (Å²) in [4.78, 5) is 16.0. The lowest BCUT2D eigenvalue weighted by atomic mass is 10.3. The number of ether oxygens (including phenoxy) is 1. The van der Waals surface area contributed by atoms with Crippen LogP contribution in [0.4, 0.5) is 11.4 Å². The number of benzene rings is 2. The van der Waals surface area contributed by atoms with E-state index >= 15 is 0 Å². The molecule has 0 aliphatic rings. The highest BCUT2D eigenvalue weighted by Crippen LogP contribution is 2.24. The van der Waals surface area contributed by atoms with Gasteiger partial charge >= 0.3 is 0 Å². The largest absolute Gasteiger partial charge is 0.457 e. The number of halogens is 1. The van der Waals surface area contributed by atoms with Gasteiger partial charge in [-0.2, -0.15) is 0 Å². The van der Waals surface area contributed by atoms with Crippen molar-refractivity contribution in [2.24, 2.45) is 0 Å². The van der Waals surface area contributed by atoms with Gasteiger partial charge in [0.2, 0.25) is 0 Å². The summed E-state index contributed by atoms with van der Waals surface area (Å²) in [5.74, 6) is 0.865. The zero-order valence-electron chi connectivity index (χ0n) is 15.6. The molecule has 0 bridgehead atoms. The van der Waals surface area contributed by atoms with Gasteiger partial charge in [-0.15, -0.1) is 0 Å². The number of nitrogens with one attached hydrogen (secondary N) is 3. The van der Waals surface area contributed by atoms with Crippen LogP contribution >= 0.6 is 23.8 Å². The van der Waals surface area contributed by atoms with Gasteiger partial charge in [0.15, 0.2) is 5.11 Å². The van der Waals surface area contributed by atoms with Gasteiger partial charge in [0.1, 0.15) is 17.2 Å². The normalized spacial score (nSPS) is 10.1. The van der Waals surface area contributed by atoms with Gasteiger partial charge in [-0.05, 0) is 61.6 Å². The molecule has 3 aromatic rings. The van der Waals surface area contributed by atoms with Crippen LogP contribution in [0.25, 0.3) is 0 Å². The van der Waals surface area contributed by atoms with Crippen molar-refractivity contribution in [3.63, 3.8) is 0 Å². The molecule has 0 saturated carbocycles. The highest BCUT2D eigenvalue weighted by Gasteiger charge is 2.08. The number of anilines is 2. The van der Waals surface area contributed by atoms with Crippen molar-refractivity contribution >= 4 is 46.2 Å². The van der Waals surface area contributed by atoms with Gasteiger partial charge in [0.05, 0.1) is 0 Å². The van der Waals surface area contributed by atoms with Crippen LogP contribution in [0.2, 0.25) is 5.02 Å². The molecule has 0 aliphatic carbocycles. The average Bonchev–Trinajstić information content (AvgIpc) is 2.70. The van der Waals surface area contributed by atoms with Crippen molar-refractivity contribution in [2.75, 3.05) is 17.2 Å². The van der Waals surface area contributed by atoms with E-state index in [2.05, 4.69) is 20.9 Å². The van der Waals surface area contributed by atoms with Crippen LogP contribution in [0.5, 0.6) is 11.5 Å². The topological polar surface area (TPSA) is 75.3 Å². The molecule has 0 aliphatic heterocycles. The van der Waals surface area contributed by atoms with Crippen molar-refractivity contribution in [3.8, 4) is 11.5 Å². The van der Waals surface area contributed by atoms with Gasteiger partial charge in [0.25, 0.3) is 5.91 Å². The minimum Gasteiger partial charge on any atom is -0.457 e. The fourth-order valence-corrected chi connectivity index (χ4v) is 2.81. The maximum absolute atomic E-state index is 11.9. The van der Waals surface area contributed by atoms with Crippen molar-refractivity contribution in [1.82, 2.24) is 10.3 Å². The Kier molecular flexibility index (Phi) is 6.99. The first-order chi connectivity index (χ1) is 14.0. The predicted octanol–water partition coefficient (Wildman–Crippen LogP) is 5.09. The number of carbonyl (C=O) groups excluding carboxylic acids is 1. The Hall–Kier alpha value is -3.16. The summed E-state index contributed by atoms with van der Waals surface area (Å²) >= 11 is 11.2. The smallest absolute Gasteiger partial charge is 0.270 e. The van der Waals surface area contributed by atoms with Crippen molar-refractivity contribution in [3.05, 3.63) is 77.6 Å². The van der Waals surface area contributed by atoms with Crippen LogP contribution in [0.3, 0.4) is 0 Å². The lowest BCUT2D eigenvalue weighted by Crippen LogP contribution is -2.23. The quantitative estimate of drug-likeness (QED) is 0.477. The first kappa shape index (κ1) is 20.6. The second-order valence-electron chi connectivity index (χ2n) is 5.95. The van der Waals surface area contributed by atoms with Crippen LogP contribution in [0, 0.1) is 0 Å². The molecule has 3 N–H and O–H groups in total. The molecule has 0 saturated heterocycles. The van der Waals surface area contributed by atoms with E-state index < -0.39 is 0 Å². The summed E-state index contributed by atoms with van der Waals surface area (Å²) < 4.78 is 5.86. The van der Waals surface area contributed by atoms with E-state index in [1.807, 2.05) is 43.3 Å². The third-order valence-corrected chi connectivity index (χ3v) is 4.19. The van der Waals surface area contributed by atoms with Crippen LogP contribution in [0.1, 0.15) is 17.4 Å². The number of hydrogen-bond acceptors (Lipinski definition) is 4. The van der Waals surface area contributed by atoms with Crippen LogP contribution in [0.15, 0.2) is 66.9 Å². The number of rotatable bonds is 6. The number of nitrogens with zero attached hydrogens (tertiary/aromatic N) is 1. The molecule has 0 atom stereocenters. The van der Waals surface area contributed by atoms with Gasteiger partial charge in [-0.3, -0.25) is 9.78 Å². The van der Waals surface area contributed by atoms with Crippen molar-refractivity contribution in [2.45, 2.75) is 6.92 Å². The molecule has 29 heavy (non-hydrogen) atoms. The average molecular weight is 427 g/mol. The number of hydrogen-bond donors (Lipinski definition) is 3. The maximum atomic E-state index is 11.9. The lowest BCUT2D eigenvalue weighted by Gasteiger charge is -2.12. The number of carbonyl (C=O) groups is 1. The highest BCUT2D eigenvalue weighted by molar-refractivity contribution is 7.80. The van der Waals surface area contributed by atoms with E-state index in [9.17, 15) is 4.79 Å². The Bertz CT molecular complexity index is 1010. The minimum absolute atomic E-state index is 0.244. The van der Waals surface area contributed by atoms with Crippen LogP contribution in [-0.2, 0) is 0 Å². The first-order valence-corrected chi connectivity index (χ1v) is 9.68.